The van der Waals surface area contributed by atoms with Gasteiger partial charge < -0.3 is 10.5 Å². The highest BCUT2D eigenvalue weighted by Crippen LogP contribution is 2.23. The fourth-order valence-corrected chi connectivity index (χ4v) is 1.76. The van der Waals surface area contributed by atoms with Crippen molar-refractivity contribution in [3.63, 3.8) is 0 Å². The maximum absolute atomic E-state index is 11.4. The summed E-state index contributed by atoms with van der Waals surface area (Å²) in [6.45, 7) is 3.59. The summed E-state index contributed by atoms with van der Waals surface area (Å²) < 4.78 is 4.89. The predicted octanol–water partition coefficient (Wildman–Crippen LogP) is 1.41. The monoisotopic (exact) mass is 206 g/mol. The zero-order valence-electron chi connectivity index (χ0n) is 8.69. The first kappa shape index (κ1) is 9.98. The van der Waals surface area contributed by atoms with Crippen molar-refractivity contribution >= 4 is 11.8 Å². The lowest BCUT2D eigenvalue weighted by molar-refractivity contribution is 0.181. The van der Waals surface area contributed by atoms with E-state index in [-0.39, 0.29) is 6.09 Å². The van der Waals surface area contributed by atoms with Gasteiger partial charge in [0.2, 0.25) is 0 Å². The number of anilines is 1. The third-order valence-electron chi connectivity index (χ3n) is 2.55. The smallest absolute Gasteiger partial charge is 0.414 e. The minimum Gasteiger partial charge on any atom is -0.447 e. The molecule has 0 saturated carbocycles. The molecule has 0 atom stereocenters. The summed E-state index contributed by atoms with van der Waals surface area (Å²) in [5.41, 5.74) is 8.58. The standard InChI is InChI=1S/C11H14N2O2/c1-8-6-9(7-12)2-3-10(8)13-4-5-15-11(13)14/h2-3,6H,4-5,7,12H2,1H3. The summed E-state index contributed by atoms with van der Waals surface area (Å²) in [5.74, 6) is 0. The molecule has 15 heavy (non-hydrogen) atoms. The molecular weight excluding hydrogens is 192 g/mol. The minimum atomic E-state index is -0.265. The molecule has 0 unspecified atom stereocenters. The number of carbonyl (C=O) groups excluding carboxylic acids is 1. The number of amides is 1. The van der Waals surface area contributed by atoms with Gasteiger partial charge >= 0.3 is 6.09 Å². The van der Waals surface area contributed by atoms with E-state index in [0.717, 1.165) is 16.8 Å². The number of nitrogens with two attached hydrogens (primary N) is 1. The lowest BCUT2D eigenvalue weighted by Crippen LogP contribution is -2.24. The van der Waals surface area contributed by atoms with Crippen LogP contribution >= 0.6 is 0 Å². The largest absolute Gasteiger partial charge is 0.447 e. The van der Waals surface area contributed by atoms with Crippen LogP contribution in [-0.4, -0.2) is 19.2 Å². The Morgan fingerprint density at radius 2 is 2.33 bits per heavy atom. The molecule has 0 bridgehead atoms. The van der Waals surface area contributed by atoms with Gasteiger partial charge in [0.25, 0.3) is 0 Å². The highest BCUT2D eigenvalue weighted by atomic mass is 16.6. The van der Waals surface area contributed by atoms with Crippen molar-refractivity contribution in [2.75, 3.05) is 18.1 Å². The quantitative estimate of drug-likeness (QED) is 0.796. The number of ether oxygens (including phenoxy) is 1. The number of rotatable bonds is 2. The third-order valence-corrected chi connectivity index (χ3v) is 2.55. The zero-order chi connectivity index (χ0) is 10.8. The highest BCUT2D eigenvalue weighted by molar-refractivity contribution is 5.90. The van der Waals surface area contributed by atoms with Gasteiger partial charge in [-0.1, -0.05) is 12.1 Å². The predicted molar refractivity (Wildman–Crippen MR) is 57.8 cm³/mol. The number of nitrogens with zero attached hydrogens (tertiary/aromatic N) is 1. The molecule has 2 N–H and O–H groups in total. The van der Waals surface area contributed by atoms with E-state index < -0.39 is 0 Å². The maximum Gasteiger partial charge on any atom is 0.414 e. The van der Waals surface area contributed by atoms with Crippen LogP contribution in [0.3, 0.4) is 0 Å². The van der Waals surface area contributed by atoms with Crippen LogP contribution in [0.5, 0.6) is 0 Å². The van der Waals surface area contributed by atoms with E-state index in [1.54, 1.807) is 4.90 Å². The number of hydrogen-bond donors (Lipinski definition) is 1. The Balaban J connectivity index is 2.32. The molecule has 4 nitrogen and oxygen atoms in total. The lowest BCUT2D eigenvalue weighted by Gasteiger charge is -2.16. The molecule has 4 heteroatoms. The number of benzene rings is 1. The van der Waals surface area contributed by atoms with Gasteiger partial charge in [-0.2, -0.15) is 0 Å². The van der Waals surface area contributed by atoms with Crippen LogP contribution < -0.4 is 10.6 Å². The minimum absolute atomic E-state index is 0.265. The van der Waals surface area contributed by atoms with Crippen LogP contribution in [0.15, 0.2) is 18.2 Å². The molecule has 0 aromatic heterocycles. The van der Waals surface area contributed by atoms with E-state index in [1.807, 2.05) is 25.1 Å². The van der Waals surface area contributed by atoms with E-state index in [0.29, 0.717) is 19.7 Å². The molecule has 80 valence electrons. The number of aryl methyl sites for hydroxylation is 1. The zero-order valence-corrected chi connectivity index (χ0v) is 8.69. The molecule has 1 aliphatic heterocycles. The maximum atomic E-state index is 11.4. The van der Waals surface area contributed by atoms with Gasteiger partial charge in [0.1, 0.15) is 6.61 Å². The van der Waals surface area contributed by atoms with Gasteiger partial charge in [0.05, 0.1) is 12.2 Å². The fraction of sp³-hybridized carbons (Fsp3) is 0.364. The SMILES string of the molecule is Cc1cc(CN)ccc1N1CCOC1=O. The first-order valence-electron chi connectivity index (χ1n) is 4.96. The summed E-state index contributed by atoms with van der Waals surface area (Å²) in [6.07, 6.45) is -0.265. The number of cyclic esters (lactones) is 1. The molecule has 1 aliphatic rings. The van der Waals surface area contributed by atoms with E-state index in [4.69, 9.17) is 10.5 Å². The van der Waals surface area contributed by atoms with Crippen molar-refractivity contribution in [2.45, 2.75) is 13.5 Å². The van der Waals surface area contributed by atoms with Crippen LogP contribution in [0, 0.1) is 6.92 Å². The molecule has 0 aliphatic carbocycles. The summed E-state index contributed by atoms with van der Waals surface area (Å²) in [6, 6.07) is 5.86. The van der Waals surface area contributed by atoms with Gasteiger partial charge in [-0.05, 0) is 24.1 Å². The van der Waals surface area contributed by atoms with Crippen molar-refractivity contribution in [2.24, 2.45) is 5.73 Å². The number of hydrogen-bond acceptors (Lipinski definition) is 3. The Morgan fingerprint density at radius 1 is 1.53 bits per heavy atom. The van der Waals surface area contributed by atoms with E-state index in [1.165, 1.54) is 0 Å². The second-order valence-corrected chi connectivity index (χ2v) is 3.59. The Labute approximate surface area is 88.6 Å². The first-order chi connectivity index (χ1) is 7.22. The summed E-state index contributed by atoms with van der Waals surface area (Å²) in [4.78, 5) is 13.0. The Morgan fingerprint density at radius 3 is 2.87 bits per heavy atom. The number of carbonyl (C=O) groups is 1. The highest BCUT2D eigenvalue weighted by Gasteiger charge is 2.24. The summed E-state index contributed by atoms with van der Waals surface area (Å²) >= 11 is 0. The Hall–Kier alpha value is -1.55. The lowest BCUT2D eigenvalue weighted by atomic mass is 10.1. The average molecular weight is 206 g/mol. The molecule has 1 aromatic rings. The average Bonchev–Trinajstić information content (AvgIpc) is 2.64. The van der Waals surface area contributed by atoms with Crippen LogP contribution in [0.4, 0.5) is 10.5 Å². The van der Waals surface area contributed by atoms with Crippen molar-refractivity contribution < 1.29 is 9.53 Å². The molecule has 1 heterocycles. The van der Waals surface area contributed by atoms with Gasteiger partial charge in [-0.15, -0.1) is 0 Å². The van der Waals surface area contributed by atoms with Gasteiger partial charge in [-0.3, -0.25) is 4.90 Å². The Kier molecular flexibility index (Phi) is 2.60. The molecule has 0 radical (unpaired) electrons. The van der Waals surface area contributed by atoms with E-state index in [2.05, 4.69) is 0 Å². The molecule has 1 aromatic carbocycles. The molecule has 1 amide bonds. The molecule has 0 spiro atoms. The molecule has 1 fully saturated rings. The van der Waals surface area contributed by atoms with E-state index >= 15 is 0 Å². The van der Waals surface area contributed by atoms with Crippen LogP contribution in [0.25, 0.3) is 0 Å². The molecule has 1 saturated heterocycles. The summed E-state index contributed by atoms with van der Waals surface area (Å²) in [5, 5.41) is 0. The van der Waals surface area contributed by atoms with Crippen molar-refractivity contribution in [1.29, 1.82) is 0 Å². The molecule has 2 rings (SSSR count). The normalized spacial score (nSPS) is 15.6. The first-order valence-corrected chi connectivity index (χ1v) is 4.96. The summed E-state index contributed by atoms with van der Waals surface area (Å²) in [7, 11) is 0. The Bertz CT molecular complexity index is 390. The van der Waals surface area contributed by atoms with Crippen LogP contribution in [-0.2, 0) is 11.3 Å². The second kappa shape index (κ2) is 3.90. The van der Waals surface area contributed by atoms with Crippen molar-refractivity contribution in [1.82, 2.24) is 0 Å². The van der Waals surface area contributed by atoms with Crippen molar-refractivity contribution in [3.8, 4) is 0 Å². The fourth-order valence-electron chi connectivity index (χ4n) is 1.76. The van der Waals surface area contributed by atoms with Crippen LogP contribution in [0.2, 0.25) is 0 Å². The van der Waals surface area contributed by atoms with Gasteiger partial charge in [0.15, 0.2) is 0 Å². The third kappa shape index (κ3) is 1.80. The topological polar surface area (TPSA) is 55.6 Å². The van der Waals surface area contributed by atoms with Crippen LogP contribution in [0.1, 0.15) is 11.1 Å². The van der Waals surface area contributed by atoms with Gasteiger partial charge in [-0.25, -0.2) is 4.79 Å². The van der Waals surface area contributed by atoms with Crippen molar-refractivity contribution in [3.05, 3.63) is 29.3 Å². The molecular formula is C11H14N2O2. The second-order valence-electron chi connectivity index (χ2n) is 3.59. The van der Waals surface area contributed by atoms with E-state index in [9.17, 15) is 4.79 Å². The van der Waals surface area contributed by atoms with Gasteiger partial charge in [0, 0.05) is 6.54 Å².